The molecule has 0 bridgehead atoms. The van der Waals surface area contributed by atoms with E-state index in [1.54, 1.807) is 0 Å². The highest BCUT2D eigenvalue weighted by atomic mass is 16.2. The standard InChI is InChI=1S/C14H27N3O2/c1-12(2)11-16-14(19)15-8-6-10-17-9-5-3-4-7-13(17)18/h12H,3-11H2,1-2H3,(H2,15,16,19). The molecule has 0 aliphatic carbocycles. The number of amides is 3. The molecule has 1 fully saturated rings. The topological polar surface area (TPSA) is 61.4 Å². The second-order valence-corrected chi connectivity index (χ2v) is 5.58. The van der Waals surface area contributed by atoms with E-state index >= 15 is 0 Å². The molecule has 1 heterocycles. The van der Waals surface area contributed by atoms with Gasteiger partial charge < -0.3 is 15.5 Å². The van der Waals surface area contributed by atoms with Crippen molar-refractivity contribution < 1.29 is 9.59 Å². The monoisotopic (exact) mass is 269 g/mol. The molecule has 0 aromatic rings. The number of likely N-dealkylation sites (tertiary alicyclic amines) is 1. The van der Waals surface area contributed by atoms with Gasteiger partial charge in [-0.3, -0.25) is 4.79 Å². The first-order valence-electron chi connectivity index (χ1n) is 7.39. The highest BCUT2D eigenvalue weighted by molar-refractivity contribution is 5.76. The van der Waals surface area contributed by atoms with Gasteiger partial charge in [0.05, 0.1) is 0 Å². The maximum absolute atomic E-state index is 11.7. The summed E-state index contributed by atoms with van der Waals surface area (Å²) < 4.78 is 0. The summed E-state index contributed by atoms with van der Waals surface area (Å²) in [7, 11) is 0. The molecule has 19 heavy (non-hydrogen) atoms. The quantitative estimate of drug-likeness (QED) is 0.721. The van der Waals surface area contributed by atoms with Crippen LogP contribution in [-0.4, -0.2) is 43.0 Å². The average Bonchev–Trinajstić information content (AvgIpc) is 2.57. The van der Waals surface area contributed by atoms with E-state index in [4.69, 9.17) is 0 Å². The molecule has 1 aliphatic heterocycles. The fourth-order valence-electron chi connectivity index (χ4n) is 2.11. The maximum atomic E-state index is 11.7. The van der Waals surface area contributed by atoms with E-state index < -0.39 is 0 Å². The van der Waals surface area contributed by atoms with Crippen LogP contribution < -0.4 is 10.6 Å². The highest BCUT2D eigenvalue weighted by Crippen LogP contribution is 2.10. The van der Waals surface area contributed by atoms with E-state index in [0.717, 1.165) is 38.8 Å². The lowest BCUT2D eigenvalue weighted by Gasteiger charge is -2.20. The van der Waals surface area contributed by atoms with Crippen molar-refractivity contribution in [3.63, 3.8) is 0 Å². The molecule has 5 nitrogen and oxygen atoms in total. The van der Waals surface area contributed by atoms with Crippen LogP contribution in [0.15, 0.2) is 0 Å². The lowest BCUT2D eigenvalue weighted by atomic mass is 10.2. The van der Waals surface area contributed by atoms with Crippen LogP contribution in [0.4, 0.5) is 4.79 Å². The van der Waals surface area contributed by atoms with Gasteiger partial charge in [-0.1, -0.05) is 20.3 Å². The Morgan fingerprint density at radius 3 is 2.79 bits per heavy atom. The minimum Gasteiger partial charge on any atom is -0.343 e. The fraction of sp³-hybridized carbons (Fsp3) is 0.857. The minimum atomic E-state index is -0.115. The summed E-state index contributed by atoms with van der Waals surface area (Å²) in [5.74, 6) is 0.724. The Balaban J connectivity index is 2.09. The van der Waals surface area contributed by atoms with Crippen LogP contribution in [0.2, 0.25) is 0 Å². The molecule has 0 saturated carbocycles. The fourth-order valence-corrected chi connectivity index (χ4v) is 2.11. The minimum absolute atomic E-state index is 0.115. The van der Waals surface area contributed by atoms with Crippen LogP contribution in [0, 0.1) is 5.92 Å². The van der Waals surface area contributed by atoms with Gasteiger partial charge in [-0.15, -0.1) is 0 Å². The zero-order valence-electron chi connectivity index (χ0n) is 12.2. The third-order valence-electron chi connectivity index (χ3n) is 3.23. The van der Waals surface area contributed by atoms with E-state index in [1.165, 1.54) is 0 Å². The molecule has 0 aromatic carbocycles. The molecule has 1 rings (SSSR count). The zero-order valence-corrected chi connectivity index (χ0v) is 12.2. The van der Waals surface area contributed by atoms with Crippen LogP contribution in [0.3, 0.4) is 0 Å². The molecule has 110 valence electrons. The van der Waals surface area contributed by atoms with Crippen LogP contribution >= 0.6 is 0 Å². The first-order chi connectivity index (χ1) is 9.09. The van der Waals surface area contributed by atoms with Crippen molar-refractivity contribution in [1.82, 2.24) is 15.5 Å². The van der Waals surface area contributed by atoms with Crippen LogP contribution in [0.25, 0.3) is 0 Å². The van der Waals surface area contributed by atoms with Gasteiger partial charge >= 0.3 is 6.03 Å². The molecule has 0 unspecified atom stereocenters. The maximum Gasteiger partial charge on any atom is 0.314 e. The number of carbonyl (C=O) groups excluding carboxylic acids is 2. The number of nitrogens with zero attached hydrogens (tertiary/aromatic N) is 1. The first-order valence-corrected chi connectivity index (χ1v) is 7.39. The van der Waals surface area contributed by atoms with E-state index in [1.807, 2.05) is 4.90 Å². The molecule has 0 spiro atoms. The van der Waals surface area contributed by atoms with Crippen molar-refractivity contribution >= 4 is 11.9 Å². The van der Waals surface area contributed by atoms with Gasteiger partial charge in [-0.25, -0.2) is 4.79 Å². The molecule has 5 heteroatoms. The van der Waals surface area contributed by atoms with Crippen LogP contribution in [0.5, 0.6) is 0 Å². The Labute approximate surface area is 116 Å². The Hall–Kier alpha value is -1.26. The van der Waals surface area contributed by atoms with Crippen molar-refractivity contribution in [1.29, 1.82) is 0 Å². The second-order valence-electron chi connectivity index (χ2n) is 5.58. The van der Waals surface area contributed by atoms with Crippen molar-refractivity contribution in [3.8, 4) is 0 Å². The molecule has 1 saturated heterocycles. The summed E-state index contributed by atoms with van der Waals surface area (Å²) in [6.45, 7) is 7.06. The lowest BCUT2D eigenvalue weighted by molar-refractivity contribution is -0.130. The second kappa shape index (κ2) is 8.77. The summed E-state index contributed by atoms with van der Waals surface area (Å²) in [6, 6.07) is -0.115. The molecular formula is C14H27N3O2. The Morgan fingerprint density at radius 1 is 1.26 bits per heavy atom. The van der Waals surface area contributed by atoms with Crippen molar-refractivity contribution in [2.45, 2.75) is 46.0 Å². The van der Waals surface area contributed by atoms with Crippen molar-refractivity contribution in [2.24, 2.45) is 5.92 Å². The van der Waals surface area contributed by atoms with Gasteiger partial charge in [0.15, 0.2) is 0 Å². The normalized spacial score (nSPS) is 16.4. The number of hydrogen-bond donors (Lipinski definition) is 2. The molecule has 0 atom stereocenters. The predicted octanol–water partition coefficient (Wildman–Crippen LogP) is 1.73. The van der Waals surface area contributed by atoms with Gasteiger partial charge in [0.2, 0.25) is 5.91 Å². The van der Waals surface area contributed by atoms with E-state index in [9.17, 15) is 9.59 Å². The van der Waals surface area contributed by atoms with Crippen LogP contribution in [0.1, 0.15) is 46.0 Å². The summed E-state index contributed by atoms with van der Waals surface area (Å²) in [6.07, 6.45) is 4.78. The van der Waals surface area contributed by atoms with Gasteiger partial charge in [0.1, 0.15) is 0 Å². The van der Waals surface area contributed by atoms with Gasteiger partial charge in [0, 0.05) is 32.6 Å². The predicted molar refractivity (Wildman–Crippen MR) is 75.9 cm³/mol. The van der Waals surface area contributed by atoms with Gasteiger partial charge in [0.25, 0.3) is 0 Å². The van der Waals surface area contributed by atoms with Gasteiger partial charge in [-0.2, -0.15) is 0 Å². The Kier molecular flexibility index (Phi) is 7.30. The largest absolute Gasteiger partial charge is 0.343 e. The summed E-state index contributed by atoms with van der Waals surface area (Å²) in [5, 5.41) is 5.63. The Morgan fingerprint density at radius 2 is 2.05 bits per heavy atom. The SMILES string of the molecule is CC(C)CNC(=O)NCCCN1CCCCCC1=O. The summed E-state index contributed by atoms with van der Waals surface area (Å²) in [4.78, 5) is 25.1. The van der Waals surface area contributed by atoms with E-state index in [2.05, 4.69) is 24.5 Å². The lowest BCUT2D eigenvalue weighted by Crippen LogP contribution is -2.39. The van der Waals surface area contributed by atoms with Crippen molar-refractivity contribution in [2.75, 3.05) is 26.2 Å². The highest BCUT2D eigenvalue weighted by Gasteiger charge is 2.15. The first kappa shape index (κ1) is 15.8. The van der Waals surface area contributed by atoms with Crippen LogP contribution in [-0.2, 0) is 4.79 Å². The smallest absolute Gasteiger partial charge is 0.314 e. The molecule has 1 aliphatic rings. The number of rotatable bonds is 6. The number of carbonyl (C=O) groups is 2. The number of urea groups is 1. The third-order valence-corrected chi connectivity index (χ3v) is 3.23. The van der Waals surface area contributed by atoms with Crippen molar-refractivity contribution in [3.05, 3.63) is 0 Å². The van der Waals surface area contributed by atoms with E-state index in [0.29, 0.717) is 25.4 Å². The zero-order chi connectivity index (χ0) is 14.1. The van der Waals surface area contributed by atoms with Gasteiger partial charge in [-0.05, 0) is 25.2 Å². The third kappa shape index (κ3) is 7.03. The molecule has 0 aromatic heterocycles. The van der Waals surface area contributed by atoms with E-state index in [-0.39, 0.29) is 11.9 Å². The number of hydrogen-bond acceptors (Lipinski definition) is 2. The molecular weight excluding hydrogens is 242 g/mol. The Bertz CT molecular complexity index is 292. The molecule has 3 amide bonds. The average molecular weight is 269 g/mol. The number of nitrogens with one attached hydrogen (secondary N) is 2. The summed E-state index contributed by atoms with van der Waals surface area (Å²) in [5.41, 5.74) is 0. The summed E-state index contributed by atoms with van der Waals surface area (Å²) >= 11 is 0. The molecule has 0 radical (unpaired) electrons. The molecule has 2 N–H and O–H groups in total.